The molecule has 4 nitrogen and oxygen atoms in total. The first-order chi connectivity index (χ1) is 7.24. The summed E-state index contributed by atoms with van der Waals surface area (Å²) < 4.78 is 11.0. The summed E-state index contributed by atoms with van der Waals surface area (Å²) >= 11 is 3.35. The summed E-state index contributed by atoms with van der Waals surface area (Å²) in [6, 6.07) is 3.57. The van der Waals surface area contributed by atoms with Crippen LogP contribution in [0.2, 0.25) is 0 Å². The standard InChI is InChI=1S/C10H10BrNO3/c1-14-8-4-3-7(5-12-6-13)10(15-2)9(8)11/h3-4H,5H2,1-2H3. The van der Waals surface area contributed by atoms with Crippen molar-refractivity contribution in [2.45, 2.75) is 6.54 Å². The second-order valence-corrected chi connectivity index (χ2v) is 3.47. The maximum Gasteiger partial charge on any atom is 0.235 e. The molecule has 0 aliphatic rings. The van der Waals surface area contributed by atoms with E-state index in [0.29, 0.717) is 16.0 Å². The molecule has 0 amide bonds. The van der Waals surface area contributed by atoms with Gasteiger partial charge in [-0.25, -0.2) is 9.79 Å². The van der Waals surface area contributed by atoms with Gasteiger partial charge >= 0.3 is 0 Å². The van der Waals surface area contributed by atoms with Crippen LogP contribution < -0.4 is 9.47 Å². The van der Waals surface area contributed by atoms with Gasteiger partial charge in [0, 0.05) is 5.56 Å². The van der Waals surface area contributed by atoms with Gasteiger partial charge in [-0.15, -0.1) is 0 Å². The Morgan fingerprint density at radius 3 is 2.67 bits per heavy atom. The number of ether oxygens (including phenoxy) is 2. The van der Waals surface area contributed by atoms with Crippen molar-refractivity contribution in [3.05, 3.63) is 22.2 Å². The van der Waals surface area contributed by atoms with Crippen LogP contribution in [0.1, 0.15) is 5.56 Å². The predicted molar refractivity (Wildman–Crippen MR) is 59.1 cm³/mol. The minimum atomic E-state index is 0.245. The van der Waals surface area contributed by atoms with Gasteiger partial charge in [-0.3, -0.25) is 0 Å². The zero-order valence-corrected chi connectivity index (χ0v) is 10.00. The van der Waals surface area contributed by atoms with Crippen LogP contribution in [0, 0.1) is 0 Å². The van der Waals surface area contributed by atoms with Crippen LogP contribution in [0.25, 0.3) is 0 Å². The van der Waals surface area contributed by atoms with Crippen molar-refractivity contribution in [1.82, 2.24) is 0 Å². The van der Waals surface area contributed by atoms with Crippen LogP contribution in [-0.4, -0.2) is 20.3 Å². The minimum Gasteiger partial charge on any atom is -0.495 e. The van der Waals surface area contributed by atoms with Crippen molar-refractivity contribution in [2.75, 3.05) is 14.2 Å². The zero-order chi connectivity index (χ0) is 11.3. The molecule has 0 spiro atoms. The third-order valence-corrected chi connectivity index (χ3v) is 2.63. The molecule has 0 saturated heterocycles. The summed E-state index contributed by atoms with van der Waals surface area (Å²) in [5.41, 5.74) is 0.800. The molecule has 15 heavy (non-hydrogen) atoms. The van der Waals surface area contributed by atoms with Gasteiger partial charge in [0.1, 0.15) is 16.0 Å². The third-order valence-electron chi connectivity index (χ3n) is 1.88. The molecular formula is C10H10BrNO3. The predicted octanol–water partition coefficient (Wildman–Crippen LogP) is 2.30. The molecule has 1 rings (SSSR count). The first-order valence-corrected chi connectivity index (χ1v) is 4.96. The molecule has 0 aromatic heterocycles. The summed E-state index contributed by atoms with van der Waals surface area (Å²) in [6.45, 7) is 0.245. The molecule has 0 bridgehead atoms. The molecule has 0 atom stereocenters. The molecule has 80 valence electrons. The quantitative estimate of drug-likeness (QED) is 0.624. The highest BCUT2D eigenvalue weighted by atomic mass is 79.9. The molecule has 0 fully saturated rings. The number of hydrogen-bond acceptors (Lipinski definition) is 4. The Hall–Kier alpha value is -1.32. The Balaban J connectivity index is 3.17. The molecule has 5 heteroatoms. The summed E-state index contributed by atoms with van der Waals surface area (Å²) in [5, 5.41) is 0. The van der Waals surface area contributed by atoms with E-state index in [4.69, 9.17) is 9.47 Å². The van der Waals surface area contributed by atoms with Gasteiger partial charge in [0.05, 0.1) is 20.8 Å². The van der Waals surface area contributed by atoms with Gasteiger partial charge in [0.15, 0.2) is 0 Å². The number of nitrogens with zero attached hydrogens (tertiary/aromatic N) is 1. The van der Waals surface area contributed by atoms with Gasteiger partial charge in [0.25, 0.3) is 0 Å². The maximum atomic E-state index is 10.0. The van der Waals surface area contributed by atoms with Crippen molar-refractivity contribution in [3.63, 3.8) is 0 Å². The molecule has 0 heterocycles. The number of rotatable bonds is 4. The highest BCUT2D eigenvalue weighted by molar-refractivity contribution is 9.10. The van der Waals surface area contributed by atoms with Gasteiger partial charge in [-0.2, -0.15) is 0 Å². The zero-order valence-electron chi connectivity index (χ0n) is 8.41. The topological polar surface area (TPSA) is 47.9 Å². The maximum absolute atomic E-state index is 10.0. The summed E-state index contributed by atoms with van der Waals surface area (Å²) in [4.78, 5) is 13.5. The lowest BCUT2D eigenvalue weighted by Crippen LogP contribution is -1.94. The lowest BCUT2D eigenvalue weighted by molar-refractivity contribution is 0.386. The number of benzene rings is 1. The van der Waals surface area contributed by atoms with Gasteiger partial charge in [-0.1, -0.05) is 0 Å². The first-order valence-electron chi connectivity index (χ1n) is 4.17. The Bertz CT molecular complexity index is 400. The molecule has 0 saturated carbocycles. The highest BCUT2D eigenvalue weighted by Gasteiger charge is 2.11. The Morgan fingerprint density at radius 1 is 1.40 bits per heavy atom. The van der Waals surface area contributed by atoms with Crippen molar-refractivity contribution in [3.8, 4) is 11.5 Å². The van der Waals surface area contributed by atoms with E-state index in [0.717, 1.165) is 5.56 Å². The van der Waals surface area contributed by atoms with E-state index >= 15 is 0 Å². The van der Waals surface area contributed by atoms with Gasteiger partial charge < -0.3 is 9.47 Å². The molecule has 0 unspecified atom stereocenters. The van der Waals surface area contributed by atoms with E-state index in [9.17, 15) is 4.79 Å². The normalized spacial score (nSPS) is 9.27. The number of halogens is 1. The van der Waals surface area contributed by atoms with E-state index in [2.05, 4.69) is 20.9 Å². The van der Waals surface area contributed by atoms with E-state index < -0.39 is 0 Å². The van der Waals surface area contributed by atoms with Gasteiger partial charge in [0.2, 0.25) is 6.08 Å². The summed E-state index contributed by atoms with van der Waals surface area (Å²) in [5.74, 6) is 1.29. The lowest BCUT2D eigenvalue weighted by atomic mass is 10.2. The van der Waals surface area contributed by atoms with Crippen LogP contribution in [0.4, 0.5) is 0 Å². The van der Waals surface area contributed by atoms with E-state index in [1.165, 1.54) is 6.08 Å². The fourth-order valence-electron chi connectivity index (χ4n) is 1.20. The number of aliphatic imine (C=N–C) groups is 1. The number of methoxy groups -OCH3 is 2. The fraction of sp³-hybridized carbons (Fsp3) is 0.300. The van der Waals surface area contributed by atoms with Crippen LogP contribution in [0.5, 0.6) is 11.5 Å². The highest BCUT2D eigenvalue weighted by Crippen LogP contribution is 2.37. The molecule has 1 aromatic carbocycles. The third kappa shape index (κ3) is 2.58. The van der Waals surface area contributed by atoms with E-state index in [-0.39, 0.29) is 6.54 Å². The van der Waals surface area contributed by atoms with Crippen LogP contribution >= 0.6 is 15.9 Å². The monoisotopic (exact) mass is 271 g/mol. The molecule has 0 radical (unpaired) electrons. The van der Waals surface area contributed by atoms with Crippen molar-refractivity contribution < 1.29 is 14.3 Å². The Labute approximate surface area is 96.0 Å². The SMILES string of the molecule is COc1ccc(CN=C=O)c(OC)c1Br. The fourth-order valence-corrected chi connectivity index (χ4v) is 1.91. The van der Waals surface area contributed by atoms with E-state index in [1.807, 2.05) is 0 Å². The van der Waals surface area contributed by atoms with Crippen molar-refractivity contribution in [2.24, 2.45) is 4.99 Å². The van der Waals surface area contributed by atoms with Crippen molar-refractivity contribution >= 4 is 22.0 Å². The Morgan fingerprint density at radius 2 is 2.13 bits per heavy atom. The average Bonchev–Trinajstić information content (AvgIpc) is 2.26. The number of carbonyl (C=O) groups excluding carboxylic acids is 1. The smallest absolute Gasteiger partial charge is 0.235 e. The van der Waals surface area contributed by atoms with Gasteiger partial charge in [-0.05, 0) is 28.1 Å². The molecule has 0 aliphatic carbocycles. The number of isocyanates is 1. The number of hydrogen-bond donors (Lipinski definition) is 0. The minimum absolute atomic E-state index is 0.245. The molecule has 1 aromatic rings. The summed E-state index contributed by atoms with van der Waals surface area (Å²) in [6.07, 6.45) is 1.49. The van der Waals surface area contributed by atoms with Crippen LogP contribution in [0.15, 0.2) is 21.6 Å². The second kappa shape index (κ2) is 5.53. The Kier molecular flexibility index (Phi) is 4.34. The summed E-state index contributed by atoms with van der Waals surface area (Å²) in [7, 11) is 3.12. The van der Waals surface area contributed by atoms with E-state index in [1.54, 1.807) is 26.4 Å². The van der Waals surface area contributed by atoms with Crippen molar-refractivity contribution in [1.29, 1.82) is 0 Å². The second-order valence-electron chi connectivity index (χ2n) is 2.68. The lowest BCUT2D eigenvalue weighted by Gasteiger charge is -2.11. The largest absolute Gasteiger partial charge is 0.495 e. The van der Waals surface area contributed by atoms with Crippen LogP contribution in [-0.2, 0) is 11.3 Å². The molecule has 0 aliphatic heterocycles. The molecular weight excluding hydrogens is 262 g/mol. The molecule has 0 N–H and O–H groups in total. The van der Waals surface area contributed by atoms with Crippen LogP contribution in [0.3, 0.4) is 0 Å². The first kappa shape index (κ1) is 11.8. The average molecular weight is 272 g/mol.